The Morgan fingerprint density at radius 3 is 3.00 bits per heavy atom. The van der Waals surface area contributed by atoms with Crippen LogP contribution in [0.1, 0.15) is 30.2 Å². The van der Waals surface area contributed by atoms with Gasteiger partial charge in [0.1, 0.15) is 0 Å². The van der Waals surface area contributed by atoms with Gasteiger partial charge >= 0.3 is 0 Å². The van der Waals surface area contributed by atoms with Crippen molar-refractivity contribution in [1.82, 2.24) is 15.1 Å². The smallest absolute Gasteiger partial charge is 0.264 e. The molecule has 0 spiro atoms. The Bertz CT molecular complexity index is 874. The molecule has 2 aliphatic rings. The van der Waals surface area contributed by atoms with Crippen LogP contribution in [0.5, 0.6) is 11.5 Å². The standard InChI is InChI=1S/C18H20N4O4/c1-3-22-9-13(11(2)20-22)14-7-17(26-21-14)18(23)19-8-12-4-5-15-16(6-12)25-10-24-15/h4-6,9,17H,3,7-8,10H2,1-2H3,(H,19,23). The minimum atomic E-state index is -0.622. The van der Waals surface area contributed by atoms with Gasteiger partial charge in [0.15, 0.2) is 11.5 Å². The minimum absolute atomic E-state index is 0.193. The zero-order valence-corrected chi connectivity index (χ0v) is 14.7. The number of aromatic nitrogens is 2. The molecule has 0 radical (unpaired) electrons. The zero-order chi connectivity index (χ0) is 18.1. The van der Waals surface area contributed by atoms with Gasteiger partial charge in [-0.05, 0) is 31.5 Å². The highest BCUT2D eigenvalue weighted by molar-refractivity contribution is 6.04. The summed E-state index contributed by atoms with van der Waals surface area (Å²) in [5.74, 6) is 1.23. The summed E-state index contributed by atoms with van der Waals surface area (Å²) in [6.07, 6.45) is 1.75. The maximum atomic E-state index is 12.4. The summed E-state index contributed by atoms with van der Waals surface area (Å²) in [5.41, 5.74) is 3.50. The molecule has 0 saturated carbocycles. The van der Waals surface area contributed by atoms with Crippen molar-refractivity contribution < 1.29 is 19.1 Å². The molecule has 1 unspecified atom stereocenters. The van der Waals surface area contributed by atoms with Crippen LogP contribution in [0, 0.1) is 6.92 Å². The molecule has 0 bridgehead atoms. The molecule has 0 fully saturated rings. The molecule has 136 valence electrons. The quantitative estimate of drug-likeness (QED) is 0.882. The van der Waals surface area contributed by atoms with Gasteiger partial charge in [0.25, 0.3) is 5.91 Å². The lowest BCUT2D eigenvalue weighted by Gasteiger charge is -2.10. The van der Waals surface area contributed by atoms with Gasteiger partial charge in [0, 0.05) is 31.3 Å². The molecule has 3 heterocycles. The molecule has 8 nitrogen and oxygen atoms in total. The molecule has 1 amide bonds. The van der Waals surface area contributed by atoms with E-state index in [1.165, 1.54) is 0 Å². The fraction of sp³-hybridized carbons (Fsp3) is 0.389. The number of carbonyl (C=O) groups is 1. The highest BCUT2D eigenvalue weighted by Crippen LogP contribution is 2.32. The summed E-state index contributed by atoms with van der Waals surface area (Å²) in [6.45, 7) is 5.35. The van der Waals surface area contributed by atoms with E-state index in [9.17, 15) is 4.79 Å². The van der Waals surface area contributed by atoms with Crippen LogP contribution in [0.3, 0.4) is 0 Å². The Morgan fingerprint density at radius 2 is 2.19 bits per heavy atom. The Labute approximate surface area is 150 Å². The van der Waals surface area contributed by atoms with E-state index < -0.39 is 6.10 Å². The number of nitrogens with one attached hydrogen (secondary N) is 1. The van der Waals surface area contributed by atoms with E-state index in [0.717, 1.165) is 34.8 Å². The number of fused-ring (bicyclic) bond motifs is 1. The summed E-state index contributed by atoms with van der Waals surface area (Å²) in [7, 11) is 0. The summed E-state index contributed by atoms with van der Waals surface area (Å²) in [6, 6.07) is 5.60. The van der Waals surface area contributed by atoms with Crippen molar-refractivity contribution in [2.45, 2.75) is 39.5 Å². The third kappa shape index (κ3) is 3.10. The highest BCUT2D eigenvalue weighted by Gasteiger charge is 2.30. The first-order valence-electron chi connectivity index (χ1n) is 8.57. The topological polar surface area (TPSA) is 87.0 Å². The molecule has 2 aromatic rings. The van der Waals surface area contributed by atoms with Crippen LogP contribution in [0.15, 0.2) is 29.6 Å². The Kier molecular flexibility index (Phi) is 4.24. The fourth-order valence-electron chi connectivity index (χ4n) is 2.99. The Balaban J connectivity index is 1.34. The van der Waals surface area contributed by atoms with Crippen molar-refractivity contribution in [3.8, 4) is 11.5 Å². The van der Waals surface area contributed by atoms with E-state index in [0.29, 0.717) is 18.7 Å². The van der Waals surface area contributed by atoms with E-state index in [1.807, 2.05) is 42.9 Å². The largest absolute Gasteiger partial charge is 0.454 e. The maximum Gasteiger partial charge on any atom is 0.264 e. The van der Waals surface area contributed by atoms with E-state index in [-0.39, 0.29) is 12.7 Å². The van der Waals surface area contributed by atoms with Gasteiger partial charge in [0.2, 0.25) is 12.9 Å². The molecule has 1 aromatic carbocycles. The molecular formula is C18H20N4O4. The van der Waals surface area contributed by atoms with E-state index in [4.69, 9.17) is 14.3 Å². The lowest BCUT2D eigenvalue weighted by atomic mass is 10.1. The number of carbonyl (C=O) groups excluding carboxylic acids is 1. The number of hydrogen-bond donors (Lipinski definition) is 1. The SMILES string of the molecule is CCn1cc(C2=NOC(C(=O)NCc3ccc4c(c3)OCO4)C2)c(C)n1. The summed E-state index contributed by atoms with van der Waals surface area (Å²) < 4.78 is 12.5. The summed E-state index contributed by atoms with van der Waals surface area (Å²) in [5, 5.41) is 11.4. The van der Waals surface area contributed by atoms with Crippen LogP contribution in [-0.2, 0) is 22.7 Å². The van der Waals surface area contributed by atoms with Gasteiger partial charge in [-0.2, -0.15) is 5.10 Å². The molecule has 1 N–H and O–H groups in total. The van der Waals surface area contributed by atoms with Crippen molar-refractivity contribution in [1.29, 1.82) is 0 Å². The molecule has 1 aromatic heterocycles. The van der Waals surface area contributed by atoms with Crippen LogP contribution in [0.25, 0.3) is 0 Å². The first-order chi connectivity index (χ1) is 12.6. The predicted octanol–water partition coefficient (Wildman–Crippen LogP) is 1.75. The molecule has 26 heavy (non-hydrogen) atoms. The third-order valence-electron chi connectivity index (χ3n) is 4.45. The van der Waals surface area contributed by atoms with Gasteiger partial charge in [-0.15, -0.1) is 0 Å². The summed E-state index contributed by atoms with van der Waals surface area (Å²) in [4.78, 5) is 17.7. The van der Waals surface area contributed by atoms with Gasteiger partial charge in [-0.3, -0.25) is 9.48 Å². The molecule has 1 atom stereocenters. The molecule has 8 heteroatoms. The number of nitrogens with zero attached hydrogens (tertiary/aromatic N) is 3. The Hall–Kier alpha value is -3.03. The number of aryl methyl sites for hydroxylation is 2. The second kappa shape index (κ2) is 6.70. The van der Waals surface area contributed by atoms with Crippen molar-refractivity contribution in [3.63, 3.8) is 0 Å². The van der Waals surface area contributed by atoms with Crippen molar-refractivity contribution >= 4 is 11.6 Å². The van der Waals surface area contributed by atoms with Gasteiger partial charge < -0.3 is 19.6 Å². The van der Waals surface area contributed by atoms with E-state index in [2.05, 4.69) is 15.6 Å². The average molecular weight is 356 g/mol. The number of hydrogen-bond acceptors (Lipinski definition) is 6. The van der Waals surface area contributed by atoms with Crippen LogP contribution in [0.2, 0.25) is 0 Å². The van der Waals surface area contributed by atoms with Crippen molar-refractivity contribution in [2.75, 3.05) is 6.79 Å². The number of rotatable bonds is 5. The molecular weight excluding hydrogens is 336 g/mol. The van der Waals surface area contributed by atoms with Crippen LogP contribution in [0.4, 0.5) is 0 Å². The number of benzene rings is 1. The fourth-order valence-corrected chi connectivity index (χ4v) is 2.99. The maximum absolute atomic E-state index is 12.4. The van der Waals surface area contributed by atoms with Crippen LogP contribution < -0.4 is 14.8 Å². The average Bonchev–Trinajstić information content (AvgIpc) is 3.37. The van der Waals surface area contributed by atoms with Crippen molar-refractivity contribution in [3.05, 3.63) is 41.2 Å². The first-order valence-corrected chi connectivity index (χ1v) is 8.57. The van der Waals surface area contributed by atoms with Crippen LogP contribution >= 0.6 is 0 Å². The van der Waals surface area contributed by atoms with Crippen molar-refractivity contribution in [2.24, 2.45) is 5.16 Å². The Morgan fingerprint density at radius 1 is 1.35 bits per heavy atom. The third-order valence-corrected chi connectivity index (χ3v) is 4.45. The normalized spacial score (nSPS) is 17.8. The van der Waals surface area contributed by atoms with E-state index >= 15 is 0 Å². The van der Waals surface area contributed by atoms with Gasteiger partial charge in [-0.25, -0.2) is 0 Å². The molecule has 2 aliphatic heterocycles. The van der Waals surface area contributed by atoms with Crippen LogP contribution in [-0.4, -0.2) is 34.3 Å². The number of oxime groups is 1. The number of ether oxygens (including phenoxy) is 2. The second-order valence-electron chi connectivity index (χ2n) is 6.23. The summed E-state index contributed by atoms with van der Waals surface area (Å²) >= 11 is 0. The van der Waals surface area contributed by atoms with E-state index in [1.54, 1.807) is 0 Å². The van der Waals surface area contributed by atoms with Gasteiger partial charge in [0.05, 0.1) is 11.4 Å². The monoisotopic (exact) mass is 356 g/mol. The lowest BCUT2D eigenvalue weighted by molar-refractivity contribution is -0.131. The van der Waals surface area contributed by atoms with Gasteiger partial charge in [-0.1, -0.05) is 11.2 Å². The molecule has 0 aliphatic carbocycles. The first kappa shape index (κ1) is 16.4. The zero-order valence-electron chi connectivity index (χ0n) is 14.7. The predicted molar refractivity (Wildman–Crippen MR) is 93.1 cm³/mol. The second-order valence-corrected chi connectivity index (χ2v) is 6.23. The number of amides is 1. The minimum Gasteiger partial charge on any atom is -0.454 e. The molecule has 4 rings (SSSR count). The molecule has 0 saturated heterocycles. The lowest BCUT2D eigenvalue weighted by Crippen LogP contribution is -2.34. The highest BCUT2D eigenvalue weighted by atomic mass is 16.7.